The number of ketones is 2. The van der Waals surface area contributed by atoms with Crippen LogP contribution in [0.2, 0.25) is 0 Å². The fraction of sp³-hybridized carbons (Fsp3) is 0.810. The molecule has 0 aromatic rings. The number of carbonyl (C=O) groups excluding carboxylic acids is 2. The molecule has 132 valence electrons. The van der Waals surface area contributed by atoms with E-state index in [2.05, 4.69) is 13.8 Å². The van der Waals surface area contributed by atoms with Crippen molar-refractivity contribution in [1.82, 2.24) is 0 Å². The Morgan fingerprint density at radius 2 is 1.96 bits per heavy atom. The van der Waals surface area contributed by atoms with Gasteiger partial charge in [0.2, 0.25) is 0 Å². The van der Waals surface area contributed by atoms with Gasteiger partial charge in [0.05, 0.1) is 6.10 Å². The van der Waals surface area contributed by atoms with Crippen molar-refractivity contribution >= 4 is 11.6 Å². The maximum absolute atomic E-state index is 12.2. The molecule has 0 aromatic heterocycles. The van der Waals surface area contributed by atoms with E-state index in [4.69, 9.17) is 0 Å². The molecule has 3 heteroatoms. The summed E-state index contributed by atoms with van der Waals surface area (Å²) in [6.45, 7) is 6.27. The minimum Gasteiger partial charge on any atom is -0.393 e. The lowest BCUT2D eigenvalue weighted by Crippen LogP contribution is -2.56. The number of carbonyl (C=O) groups is 2. The largest absolute Gasteiger partial charge is 0.393 e. The highest BCUT2D eigenvalue weighted by molar-refractivity contribution is 5.91. The van der Waals surface area contributed by atoms with Crippen LogP contribution in [0.15, 0.2) is 11.6 Å². The van der Waals surface area contributed by atoms with Crippen molar-refractivity contribution < 1.29 is 14.7 Å². The molecule has 1 N–H and O–H groups in total. The van der Waals surface area contributed by atoms with Gasteiger partial charge in [0.25, 0.3) is 0 Å². The van der Waals surface area contributed by atoms with Crippen molar-refractivity contribution in [2.75, 3.05) is 0 Å². The van der Waals surface area contributed by atoms with Crippen LogP contribution in [0.5, 0.6) is 0 Å². The molecule has 1 unspecified atom stereocenters. The van der Waals surface area contributed by atoms with E-state index in [0.717, 1.165) is 38.5 Å². The summed E-state index contributed by atoms with van der Waals surface area (Å²) in [6.07, 6.45) is 7.97. The second kappa shape index (κ2) is 5.27. The van der Waals surface area contributed by atoms with E-state index in [1.165, 1.54) is 5.57 Å². The van der Waals surface area contributed by atoms with Crippen LogP contribution in [0.3, 0.4) is 0 Å². The van der Waals surface area contributed by atoms with E-state index in [-0.39, 0.29) is 34.6 Å². The highest BCUT2D eigenvalue weighted by atomic mass is 16.3. The first-order valence-electron chi connectivity index (χ1n) is 9.70. The van der Waals surface area contributed by atoms with Gasteiger partial charge in [-0.2, -0.15) is 0 Å². The lowest BCUT2D eigenvalue weighted by Gasteiger charge is -2.59. The first-order valence-corrected chi connectivity index (χ1v) is 9.70. The zero-order valence-corrected chi connectivity index (χ0v) is 15.2. The average molecular weight is 330 g/mol. The SMILES string of the molecule is CC(=O)[C@H]1CC[C@H]2[C@@H]3CCC4=CC(=O)CC[C@@]4(C)[C@@H]3C(O)C[C@]12C. The quantitative estimate of drug-likeness (QED) is 0.797. The van der Waals surface area contributed by atoms with Gasteiger partial charge in [0.1, 0.15) is 5.78 Å². The Morgan fingerprint density at radius 1 is 1.21 bits per heavy atom. The van der Waals surface area contributed by atoms with E-state index < -0.39 is 0 Å². The third kappa shape index (κ3) is 2.06. The van der Waals surface area contributed by atoms with Crippen LogP contribution in [0.1, 0.15) is 65.7 Å². The van der Waals surface area contributed by atoms with Gasteiger partial charge in [-0.1, -0.05) is 19.4 Å². The minimum absolute atomic E-state index is 0.0219. The molecular weight excluding hydrogens is 300 g/mol. The Labute approximate surface area is 144 Å². The Hall–Kier alpha value is -0.960. The van der Waals surface area contributed by atoms with Crippen molar-refractivity contribution in [3.05, 3.63) is 11.6 Å². The van der Waals surface area contributed by atoms with Gasteiger partial charge in [-0.25, -0.2) is 0 Å². The average Bonchev–Trinajstić information content (AvgIpc) is 2.84. The molecule has 3 fully saturated rings. The van der Waals surface area contributed by atoms with Crippen LogP contribution in [0.25, 0.3) is 0 Å². The summed E-state index contributed by atoms with van der Waals surface area (Å²) in [6, 6.07) is 0. The van der Waals surface area contributed by atoms with E-state index in [1.807, 2.05) is 6.08 Å². The van der Waals surface area contributed by atoms with Gasteiger partial charge < -0.3 is 5.11 Å². The summed E-state index contributed by atoms with van der Waals surface area (Å²) in [5.41, 5.74) is 1.23. The summed E-state index contributed by atoms with van der Waals surface area (Å²) in [5, 5.41) is 11.2. The number of aliphatic hydroxyl groups is 1. The van der Waals surface area contributed by atoms with Crippen LogP contribution in [0, 0.1) is 34.5 Å². The maximum atomic E-state index is 12.2. The van der Waals surface area contributed by atoms with E-state index >= 15 is 0 Å². The van der Waals surface area contributed by atoms with E-state index in [1.54, 1.807) is 6.92 Å². The minimum atomic E-state index is -0.349. The summed E-state index contributed by atoms with van der Waals surface area (Å²) in [7, 11) is 0. The Morgan fingerprint density at radius 3 is 2.67 bits per heavy atom. The number of aliphatic hydroxyl groups excluding tert-OH is 1. The van der Waals surface area contributed by atoms with Gasteiger partial charge in [-0.05, 0) is 80.1 Å². The summed E-state index contributed by atoms with van der Waals surface area (Å²) in [4.78, 5) is 24.0. The topological polar surface area (TPSA) is 54.4 Å². The number of allylic oxidation sites excluding steroid dienone is 1. The van der Waals surface area contributed by atoms with Crippen molar-refractivity contribution in [3.63, 3.8) is 0 Å². The van der Waals surface area contributed by atoms with Crippen LogP contribution < -0.4 is 0 Å². The fourth-order valence-corrected chi connectivity index (χ4v) is 7.35. The molecule has 0 saturated heterocycles. The van der Waals surface area contributed by atoms with Crippen LogP contribution in [-0.4, -0.2) is 22.8 Å². The standard InChI is InChI=1S/C21H30O3/c1-12(22)16-6-7-17-15-5-4-13-10-14(23)8-9-20(13,2)19(15)18(24)11-21(16,17)3/h10,15-19,24H,4-9,11H2,1-3H3/t15-,16+,17-,18?,19-,20+,21+/m0/s1. The number of rotatable bonds is 1. The van der Waals surface area contributed by atoms with Gasteiger partial charge in [0, 0.05) is 12.3 Å². The molecule has 4 rings (SSSR count). The number of Topliss-reactive ketones (excluding diaryl/α,β-unsaturated/α-hetero) is 1. The molecule has 4 aliphatic carbocycles. The van der Waals surface area contributed by atoms with Gasteiger partial charge in [-0.3, -0.25) is 9.59 Å². The second-order valence-electron chi connectivity index (χ2n) is 9.41. The smallest absolute Gasteiger partial charge is 0.155 e. The molecule has 3 nitrogen and oxygen atoms in total. The van der Waals surface area contributed by atoms with Crippen LogP contribution in [-0.2, 0) is 9.59 Å². The van der Waals surface area contributed by atoms with Crippen LogP contribution >= 0.6 is 0 Å². The van der Waals surface area contributed by atoms with E-state index in [9.17, 15) is 14.7 Å². The number of hydrogen-bond acceptors (Lipinski definition) is 3. The first-order chi connectivity index (χ1) is 11.3. The second-order valence-corrected chi connectivity index (χ2v) is 9.41. The molecular formula is C21H30O3. The van der Waals surface area contributed by atoms with Gasteiger partial charge in [0.15, 0.2) is 5.78 Å². The van der Waals surface area contributed by atoms with Crippen molar-refractivity contribution in [2.24, 2.45) is 34.5 Å². The molecule has 0 bridgehead atoms. The maximum Gasteiger partial charge on any atom is 0.155 e. The van der Waals surface area contributed by atoms with Crippen LogP contribution in [0.4, 0.5) is 0 Å². The molecule has 4 aliphatic rings. The third-order valence-corrected chi connectivity index (χ3v) is 8.38. The predicted octanol–water partition coefficient (Wildman–Crippen LogP) is 3.69. The monoisotopic (exact) mass is 330 g/mol. The van der Waals surface area contributed by atoms with Crippen molar-refractivity contribution in [1.29, 1.82) is 0 Å². The molecule has 0 heterocycles. The Balaban J connectivity index is 1.72. The first kappa shape index (κ1) is 16.5. The summed E-state index contributed by atoms with van der Waals surface area (Å²) >= 11 is 0. The number of fused-ring (bicyclic) bond motifs is 5. The lowest BCUT2D eigenvalue weighted by atomic mass is 9.46. The highest BCUT2D eigenvalue weighted by Gasteiger charge is 2.62. The Kier molecular flexibility index (Phi) is 3.62. The van der Waals surface area contributed by atoms with Crippen molar-refractivity contribution in [2.45, 2.75) is 71.8 Å². The molecule has 0 amide bonds. The molecule has 0 spiro atoms. The molecule has 0 aromatic carbocycles. The molecule has 0 aliphatic heterocycles. The fourth-order valence-electron chi connectivity index (χ4n) is 7.35. The van der Waals surface area contributed by atoms with Gasteiger partial charge in [-0.15, -0.1) is 0 Å². The molecule has 24 heavy (non-hydrogen) atoms. The lowest BCUT2D eigenvalue weighted by molar-refractivity contribution is -0.143. The molecule has 0 radical (unpaired) electrons. The normalized spacial score (nSPS) is 50.6. The van der Waals surface area contributed by atoms with Gasteiger partial charge >= 0.3 is 0 Å². The highest BCUT2D eigenvalue weighted by Crippen LogP contribution is 2.66. The van der Waals surface area contributed by atoms with Crippen molar-refractivity contribution in [3.8, 4) is 0 Å². The summed E-state index contributed by atoms with van der Waals surface area (Å²) < 4.78 is 0. The Bertz CT molecular complexity index is 621. The number of hydrogen-bond donors (Lipinski definition) is 1. The molecule has 3 saturated carbocycles. The molecule has 7 atom stereocenters. The predicted molar refractivity (Wildman–Crippen MR) is 92.3 cm³/mol. The summed E-state index contributed by atoms with van der Waals surface area (Å²) in [5.74, 6) is 1.99. The van der Waals surface area contributed by atoms with E-state index in [0.29, 0.717) is 24.0 Å². The third-order valence-electron chi connectivity index (χ3n) is 8.38. The zero-order chi connectivity index (χ0) is 17.3. The zero-order valence-electron chi connectivity index (χ0n) is 15.2.